The van der Waals surface area contributed by atoms with Crippen LogP contribution in [0.2, 0.25) is 0 Å². The number of carbonyl (C=O) groups excluding carboxylic acids is 2. The Labute approximate surface area is 242 Å². The Morgan fingerprint density at radius 1 is 0.929 bits per heavy atom. The molecule has 0 aliphatic heterocycles. The highest BCUT2D eigenvalue weighted by atomic mass is 32.2. The largest absolute Gasteiger partial charge is 0.426 e. The lowest BCUT2D eigenvalue weighted by atomic mass is 9.71. The average Bonchev–Trinajstić information content (AvgIpc) is 3.32. The van der Waals surface area contributed by atoms with Gasteiger partial charge in [-0.25, -0.2) is 17.2 Å². The number of nitrogens with two attached hydrogens (primary N) is 1. The van der Waals surface area contributed by atoms with Crippen LogP contribution in [-0.2, 0) is 36.3 Å². The molecule has 0 aromatic heterocycles. The van der Waals surface area contributed by atoms with Crippen LogP contribution in [0.15, 0.2) is 47.4 Å². The second kappa shape index (κ2) is 10.7. The lowest BCUT2D eigenvalue weighted by molar-refractivity contribution is -0.228. The van der Waals surface area contributed by atoms with Crippen LogP contribution in [0.1, 0.15) is 75.0 Å². The van der Waals surface area contributed by atoms with Crippen molar-refractivity contribution in [2.75, 3.05) is 0 Å². The zero-order chi connectivity index (χ0) is 30.7. The number of halogens is 5. The molecule has 11 heteroatoms. The number of carbonyl (C=O) groups is 2. The summed E-state index contributed by atoms with van der Waals surface area (Å²) in [5.74, 6) is -2.29. The molecule has 1 unspecified atom stereocenters. The fraction of sp³-hybridized carbons (Fsp3) is 0.548. The molecule has 3 aliphatic rings. The first-order valence-corrected chi connectivity index (χ1v) is 15.8. The number of amides is 1. The summed E-state index contributed by atoms with van der Waals surface area (Å²) >= 11 is 0. The second-order valence-corrected chi connectivity index (χ2v) is 14.5. The van der Waals surface area contributed by atoms with Crippen LogP contribution in [0.25, 0.3) is 0 Å². The molecule has 2 N–H and O–H groups in total. The van der Waals surface area contributed by atoms with Gasteiger partial charge in [0.25, 0.3) is 0 Å². The first-order chi connectivity index (χ1) is 19.6. The third-order valence-electron chi connectivity index (χ3n) is 10.1. The number of ketones is 1. The third kappa shape index (κ3) is 4.95. The molecule has 0 bridgehead atoms. The molecule has 0 radical (unpaired) electrons. The fourth-order valence-electron chi connectivity index (χ4n) is 7.62. The van der Waals surface area contributed by atoms with E-state index in [4.69, 9.17) is 5.73 Å². The smallest absolute Gasteiger partial charge is 0.369 e. The van der Waals surface area contributed by atoms with Crippen LogP contribution in [-0.4, -0.2) is 26.3 Å². The zero-order valence-electron chi connectivity index (χ0n) is 23.2. The van der Waals surface area contributed by atoms with Crippen LogP contribution in [0.3, 0.4) is 0 Å². The normalized spacial score (nSPS) is 29.3. The lowest BCUT2D eigenvalue weighted by Gasteiger charge is -2.43. The van der Waals surface area contributed by atoms with Crippen LogP contribution in [0.5, 0.6) is 0 Å². The number of hydrogen-bond donors (Lipinski definition) is 1. The van der Waals surface area contributed by atoms with Crippen molar-refractivity contribution in [1.29, 1.82) is 0 Å². The summed E-state index contributed by atoms with van der Waals surface area (Å²) in [7, 11) is -4.22. The van der Waals surface area contributed by atoms with Gasteiger partial charge < -0.3 is 5.73 Å². The summed E-state index contributed by atoms with van der Waals surface area (Å²) in [6.45, 7) is 0.444. The number of Topliss-reactive ketones (excluding diaryl/α,β-unsaturated/α-hetero) is 1. The molecular weight excluding hydrogens is 577 g/mol. The molecule has 3 aliphatic carbocycles. The van der Waals surface area contributed by atoms with Crippen molar-refractivity contribution in [2.24, 2.45) is 29.4 Å². The maximum Gasteiger partial charge on any atom is 0.426 e. The van der Waals surface area contributed by atoms with Gasteiger partial charge in [-0.1, -0.05) is 18.2 Å². The van der Waals surface area contributed by atoms with Gasteiger partial charge in [-0.3, -0.25) is 9.59 Å². The van der Waals surface area contributed by atoms with E-state index in [1.807, 2.05) is 0 Å². The van der Waals surface area contributed by atoms with Gasteiger partial charge in [0, 0.05) is 18.3 Å². The Bertz CT molecular complexity index is 1480. The van der Waals surface area contributed by atoms with Gasteiger partial charge in [-0.15, -0.1) is 0 Å². The van der Waals surface area contributed by atoms with Crippen molar-refractivity contribution in [2.45, 2.75) is 86.2 Å². The van der Waals surface area contributed by atoms with E-state index in [0.717, 1.165) is 24.3 Å². The predicted octanol–water partition coefficient (Wildman–Crippen LogP) is 6.47. The van der Waals surface area contributed by atoms with Gasteiger partial charge in [0.1, 0.15) is 16.3 Å². The SMILES string of the molecule is CC(F)(c1ccc2c(c1)CC[C@H]1[C@H](CC(=O)C3CCC(C(N)=O)CC3)CC[C@@]21S(=O)(=O)c1ccc(F)cc1)C(F)(F)F. The molecule has 0 saturated heterocycles. The third-order valence-corrected chi connectivity index (χ3v) is 12.6. The van der Waals surface area contributed by atoms with Crippen molar-refractivity contribution in [3.8, 4) is 0 Å². The quantitative estimate of drug-likeness (QED) is 0.287. The molecule has 228 valence electrons. The van der Waals surface area contributed by atoms with Crippen molar-refractivity contribution in [1.82, 2.24) is 0 Å². The second-order valence-electron chi connectivity index (χ2n) is 12.3. The minimum absolute atomic E-state index is 0.0115. The molecule has 4 atom stereocenters. The van der Waals surface area contributed by atoms with E-state index in [1.54, 1.807) is 0 Å². The monoisotopic (exact) mass is 611 g/mol. The highest BCUT2D eigenvalue weighted by Crippen LogP contribution is 2.60. The highest BCUT2D eigenvalue weighted by molar-refractivity contribution is 7.92. The molecular formula is C31H34F5NO4S. The fourth-order valence-corrected chi connectivity index (χ4v) is 10.1. The Morgan fingerprint density at radius 3 is 2.14 bits per heavy atom. The number of hydrogen-bond acceptors (Lipinski definition) is 4. The Balaban J connectivity index is 1.52. The molecule has 0 heterocycles. The summed E-state index contributed by atoms with van der Waals surface area (Å²) in [4.78, 5) is 24.8. The van der Waals surface area contributed by atoms with Gasteiger partial charge in [0.05, 0.1) is 4.90 Å². The number of primary amides is 1. The molecule has 0 spiro atoms. The first kappa shape index (κ1) is 30.6. The highest BCUT2D eigenvalue weighted by Gasteiger charge is 2.61. The van der Waals surface area contributed by atoms with Gasteiger partial charge in [-0.2, -0.15) is 13.2 Å². The van der Waals surface area contributed by atoms with E-state index in [2.05, 4.69) is 0 Å². The summed E-state index contributed by atoms with van der Waals surface area (Å²) in [5.41, 5.74) is 1.85. The van der Waals surface area contributed by atoms with E-state index in [1.165, 1.54) is 18.2 Å². The number of rotatable bonds is 7. The van der Waals surface area contributed by atoms with E-state index < -0.39 is 43.7 Å². The van der Waals surface area contributed by atoms with Crippen molar-refractivity contribution >= 4 is 21.5 Å². The summed E-state index contributed by atoms with van der Waals surface area (Å²) in [6, 6.07) is 7.87. The molecule has 42 heavy (non-hydrogen) atoms. The van der Waals surface area contributed by atoms with Gasteiger partial charge in [0.2, 0.25) is 11.6 Å². The standard InChI is InChI=1S/C31H34F5NO4S/c1-29(33,31(34,35)36)22-7-13-26-20(16-22)6-12-25-21(17-27(38)18-2-4-19(5-3-18)28(37)39)14-15-30(25,26)42(40,41)24-10-8-23(32)9-11-24/h7-11,13,16,18-19,21,25H,2-6,12,14-15,17H2,1H3,(H2,37,39)/t18?,19?,21-,25-,29?,30-/m0/s1. The number of alkyl halides is 4. The number of sulfone groups is 1. The predicted molar refractivity (Wildman–Crippen MR) is 145 cm³/mol. The number of aryl methyl sites for hydroxylation is 1. The Morgan fingerprint density at radius 2 is 1.55 bits per heavy atom. The van der Waals surface area contributed by atoms with Gasteiger partial charge >= 0.3 is 6.18 Å². The summed E-state index contributed by atoms with van der Waals surface area (Å²) in [6.07, 6.45) is -1.82. The molecule has 1 amide bonds. The van der Waals surface area contributed by atoms with Crippen LogP contribution in [0, 0.1) is 29.5 Å². The van der Waals surface area contributed by atoms with Crippen LogP contribution < -0.4 is 5.73 Å². The van der Waals surface area contributed by atoms with E-state index in [9.17, 15) is 40.0 Å². The Kier molecular flexibility index (Phi) is 7.82. The van der Waals surface area contributed by atoms with E-state index in [-0.39, 0.29) is 60.0 Å². The average molecular weight is 612 g/mol. The first-order valence-electron chi connectivity index (χ1n) is 14.3. The molecule has 2 saturated carbocycles. The maximum atomic E-state index is 14.9. The minimum Gasteiger partial charge on any atom is -0.369 e. The number of fused-ring (bicyclic) bond motifs is 3. The molecule has 2 fully saturated rings. The van der Waals surface area contributed by atoms with Crippen LogP contribution >= 0.6 is 0 Å². The van der Waals surface area contributed by atoms with Gasteiger partial charge in [0.15, 0.2) is 9.84 Å². The lowest BCUT2D eigenvalue weighted by Crippen LogP contribution is -2.45. The van der Waals surface area contributed by atoms with Crippen LogP contribution in [0.4, 0.5) is 22.0 Å². The summed E-state index contributed by atoms with van der Waals surface area (Å²) < 4.78 is 96.5. The minimum atomic E-state index is -5.16. The summed E-state index contributed by atoms with van der Waals surface area (Å²) in [5, 5.41) is 0. The zero-order valence-corrected chi connectivity index (χ0v) is 24.0. The van der Waals surface area contributed by atoms with Crippen molar-refractivity contribution in [3.63, 3.8) is 0 Å². The van der Waals surface area contributed by atoms with E-state index >= 15 is 0 Å². The number of benzene rings is 2. The van der Waals surface area contributed by atoms with Crippen molar-refractivity contribution in [3.05, 3.63) is 65.0 Å². The molecule has 2 aromatic rings. The molecule has 5 rings (SSSR count). The van der Waals surface area contributed by atoms with Crippen molar-refractivity contribution < 1.29 is 40.0 Å². The molecule has 2 aromatic carbocycles. The Hall–Kier alpha value is -2.82. The maximum absolute atomic E-state index is 14.9. The van der Waals surface area contributed by atoms with Gasteiger partial charge in [-0.05, 0) is 111 Å². The topological polar surface area (TPSA) is 94.3 Å². The van der Waals surface area contributed by atoms with E-state index in [0.29, 0.717) is 50.2 Å². The molecule has 5 nitrogen and oxygen atoms in total.